The molecule has 4 N–H and O–H groups in total. The van der Waals surface area contributed by atoms with E-state index >= 15 is 0 Å². The molecular formula is C13H14ClFN2O2. The fourth-order valence-corrected chi connectivity index (χ4v) is 1.33. The van der Waals surface area contributed by atoms with Gasteiger partial charge in [0.25, 0.3) is 0 Å². The molecule has 0 radical (unpaired) electrons. The molecule has 0 spiro atoms. The minimum absolute atomic E-state index is 0.0309. The lowest BCUT2D eigenvalue weighted by Crippen LogP contribution is -2.08. The Kier molecular flexibility index (Phi) is 5.26. The maximum atomic E-state index is 13.6. The highest BCUT2D eigenvalue weighted by Gasteiger charge is 2.13. The predicted molar refractivity (Wildman–Crippen MR) is 73.1 cm³/mol. The fraction of sp³-hybridized carbons (Fsp3) is 0.0769. The Balaban J connectivity index is 2.98. The van der Waals surface area contributed by atoms with Crippen molar-refractivity contribution >= 4 is 11.6 Å². The van der Waals surface area contributed by atoms with Crippen molar-refractivity contribution in [1.82, 2.24) is 0 Å². The van der Waals surface area contributed by atoms with E-state index in [1.165, 1.54) is 25.3 Å². The molecule has 0 heterocycles. The van der Waals surface area contributed by atoms with Gasteiger partial charge in [-0.25, -0.2) is 4.39 Å². The zero-order valence-electron chi connectivity index (χ0n) is 10.3. The van der Waals surface area contributed by atoms with Gasteiger partial charge in [-0.05, 0) is 18.2 Å². The van der Waals surface area contributed by atoms with Crippen LogP contribution in [0.5, 0.6) is 11.5 Å². The van der Waals surface area contributed by atoms with Gasteiger partial charge < -0.3 is 20.9 Å². The fourth-order valence-electron chi connectivity index (χ4n) is 1.21. The van der Waals surface area contributed by atoms with Crippen molar-refractivity contribution < 1.29 is 13.9 Å². The van der Waals surface area contributed by atoms with E-state index in [0.717, 1.165) is 6.20 Å². The summed E-state index contributed by atoms with van der Waals surface area (Å²) in [6.07, 6.45) is 2.50. The van der Waals surface area contributed by atoms with Gasteiger partial charge in [0.05, 0.1) is 17.8 Å². The number of benzene rings is 1. The molecule has 0 bridgehead atoms. The van der Waals surface area contributed by atoms with Crippen molar-refractivity contribution in [1.29, 1.82) is 0 Å². The Morgan fingerprint density at radius 2 is 2.16 bits per heavy atom. The molecule has 0 saturated heterocycles. The Morgan fingerprint density at radius 1 is 1.47 bits per heavy atom. The summed E-state index contributed by atoms with van der Waals surface area (Å²) >= 11 is 5.68. The molecule has 1 rings (SSSR count). The number of halogens is 2. The Labute approximate surface area is 115 Å². The number of para-hydroxylation sites is 1. The molecule has 1 aromatic rings. The van der Waals surface area contributed by atoms with Gasteiger partial charge in [0.2, 0.25) is 5.75 Å². The highest BCUT2D eigenvalue weighted by molar-refractivity contribution is 6.31. The van der Waals surface area contributed by atoms with E-state index in [2.05, 4.69) is 6.58 Å². The number of methoxy groups -OCH3 is 1. The second kappa shape index (κ2) is 6.70. The van der Waals surface area contributed by atoms with Crippen LogP contribution in [0.1, 0.15) is 0 Å². The Morgan fingerprint density at radius 3 is 2.74 bits per heavy atom. The zero-order chi connectivity index (χ0) is 14.4. The SMILES string of the molecule is C=C(Oc1c(F)cccc1OC)/C(N)=C\C(Cl)=C/N. The lowest BCUT2D eigenvalue weighted by molar-refractivity contribution is 0.349. The molecule has 4 nitrogen and oxygen atoms in total. The van der Waals surface area contributed by atoms with Crippen LogP contribution in [0.25, 0.3) is 0 Å². The summed E-state index contributed by atoms with van der Waals surface area (Å²) in [5.41, 5.74) is 11.0. The Bertz CT molecular complexity index is 541. The van der Waals surface area contributed by atoms with E-state index in [9.17, 15) is 4.39 Å². The maximum absolute atomic E-state index is 13.6. The summed E-state index contributed by atoms with van der Waals surface area (Å²) in [4.78, 5) is 0. The Hall–Kier alpha value is -2.14. The van der Waals surface area contributed by atoms with Gasteiger partial charge >= 0.3 is 0 Å². The molecule has 6 heteroatoms. The average molecular weight is 285 g/mol. The molecule has 0 aliphatic carbocycles. The summed E-state index contributed by atoms with van der Waals surface area (Å²) in [5.74, 6) is -0.425. The van der Waals surface area contributed by atoms with E-state index in [1.54, 1.807) is 6.07 Å². The van der Waals surface area contributed by atoms with E-state index < -0.39 is 5.82 Å². The van der Waals surface area contributed by atoms with Crippen LogP contribution >= 0.6 is 11.6 Å². The van der Waals surface area contributed by atoms with Gasteiger partial charge in [0.15, 0.2) is 11.6 Å². The molecule has 0 aliphatic heterocycles. The first-order valence-corrected chi connectivity index (χ1v) is 5.61. The number of hydrogen-bond donors (Lipinski definition) is 2. The first-order chi connectivity index (χ1) is 8.99. The van der Waals surface area contributed by atoms with Crippen LogP contribution in [0, 0.1) is 5.82 Å². The number of allylic oxidation sites excluding steroid dienone is 2. The van der Waals surface area contributed by atoms with Crippen LogP contribution < -0.4 is 20.9 Å². The van der Waals surface area contributed by atoms with Crippen LogP contribution in [0.2, 0.25) is 0 Å². The van der Waals surface area contributed by atoms with Crippen LogP contribution in [0.4, 0.5) is 4.39 Å². The summed E-state index contributed by atoms with van der Waals surface area (Å²) < 4.78 is 23.9. The number of ether oxygens (including phenoxy) is 2. The molecular weight excluding hydrogens is 271 g/mol. The van der Waals surface area contributed by atoms with Crippen molar-refractivity contribution in [2.24, 2.45) is 11.5 Å². The van der Waals surface area contributed by atoms with E-state index in [-0.39, 0.29) is 28.0 Å². The van der Waals surface area contributed by atoms with Crippen LogP contribution in [0.3, 0.4) is 0 Å². The highest BCUT2D eigenvalue weighted by Crippen LogP contribution is 2.31. The number of hydrogen-bond acceptors (Lipinski definition) is 4. The van der Waals surface area contributed by atoms with Crippen LogP contribution in [-0.2, 0) is 0 Å². The predicted octanol–water partition coefficient (Wildman–Crippen LogP) is 2.61. The lowest BCUT2D eigenvalue weighted by atomic mass is 10.3. The normalized spacial score (nSPS) is 12.2. The molecule has 0 unspecified atom stereocenters. The minimum atomic E-state index is -0.589. The first-order valence-electron chi connectivity index (χ1n) is 5.23. The lowest BCUT2D eigenvalue weighted by Gasteiger charge is -2.12. The van der Waals surface area contributed by atoms with Crippen molar-refractivity contribution in [3.8, 4) is 11.5 Å². The van der Waals surface area contributed by atoms with Gasteiger partial charge in [0, 0.05) is 6.20 Å². The second-order valence-corrected chi connectivity index (χ2v) is 3.88. The second-order valence-electron chi connectivity index (χ2n) is 3.45. The third-order valence-corrected chi connectivity index (χ3v) is 2.39. The molecule has 0 aliphatic rings. The average Bonchev–Trinajstić information content (AvgIpc) is 2.40. The minimum Gasteiger partial charge on any atom is -0.493 e. The van der Waals surface area contributed by atoms with E-state index in [1.807, 2.05) is 0 Å². The van der Waals surface area contributed by atoms with E-state index in [0.29, 0.717) is 0 Å². The molecule has 0 atom stereocenters. The number of nitrogens with two attached hydrogens (primary N) is 2. The molecule has 102 valence electrons. The standard InChI is InChI=1S/C13H14ClFN2O2/c1-8(11(17)6-9(14)7-16)19-13-10(15)4-3-5-12(13)18-2/h3-7H,1,16-17H2,2H3/b9-7+,11-6+. The van der Waals surface area contributed by atoms with Crippen molar-refractivity contribution in [2.75, 3.05) is 7.11 Å². The van der Waals surface area contributed by atoms with Crippen molar-refractivity contribution in [2.45, 2.75) is 0 Å². The largest absolute Gasteiger partial charge is 0.493 e. The topological polar surface area (TPSA) is 70.5 Å². The third-order valence-electron chi connectivity index (χ3n) is 2.15. The molecule has 0 amide bonds. The van der Waals surface area contributed by atoms with Gasteiger partial charge in [-0.15, -0.1) is 0 Å². The van der Waals surface area contributed by atoms with Crippen LogP contribution in [-0.4, -0.2) is 7.11 Å². The monoisotopic (exact) mass is 284 g/mol. The van der Waals surface area contributed by atoms with E-state index in [4.69, 9.17) is 32.5 Å². The summed E-state index contributed by atoms with van der Waals surface area (Å²) in [5, 5.41) is 0.211. The van der Waals surface area contributed by atoms with Gasteiger partial charge in [-0.1, -0.05) is 24.2 Å². The molecule has 0 fully saturated rings. The molecule has 19 heavy (non-hydrogen) atoms. The first kappa shape index (κ1) is 14.9. The molecule has 0 aromatic heterocycles. The highest BCUT2D eigenvalue weighted by atomic mass is 35.5. The molecule has 1 aromatic carbocycles. The zero-order valence-corrected chi connectivity index (χ0v) is 11.1. The van der Waals surface area contributed by atoms with Gasteiger partial charge in [0.1, 0.15) is 5.76 Å². The van der Waals surface area contributed by atoms with Gasteiger partial charge in [-0.2, -0.15) is 0 Å². The number of rotatable bonds is 5. The smallest absolute Gasteiger partial charge is 0.204 e. The van der Waals surface area contributed by atoms with Crippen LogP contribution in [0.15, 0.2) is 53.5 Å². The quantitative estimate of drug-likeness (QED) is 0.644. The summed E-state index contributed by atoms with van der Waals surface area (Å²) in [6, 6.07) is 4.28. The molecule has 0 saturated carbocycles. The van der Waals surface area contributed by atoms with Gasteiger partial charge in [-0.3, -0.25) is 0 Å². The maximum Gasteiger partial charge on any atom is 0.204 e. The third kappa shape index (κ3) is 3.93. The van der Waals surface area contributed by atoms with Crippen molar-refractivity contribution in [3.05, 3.63) is 59.4 Å². The summed E-state index contributed by atoms with van der Waals surface area (Å²) in [6.45, 7) is 3.59. The summed E-state index contributed by atoms with van der Waals surface area (Å²) in [7, 11) is 1.40. The van der Waals surface area contributed by atoms with Crippen molar-refractivity contribution in [3.63, 3.8) is 0 Å².